The van der Waals surface area contributed by atoms with E-state index in [0.29, 0.717) is 4.47 Å². The molecule has 8 heteroatoms. The first-order valence-electron chi connectivity index (χ1n) is 5.47. The molecule has 1 atom stereocenters. The number of hydrogen-bond donors (Lipinski definition) is 1. The van der Waals surface area contributed by atoms with Crippen LogP contribution in [-0.4, -0.2) is 0 Å². The fourth-order valence-corrected chi connectivity index (χ4v) is 2.18. The van der Waals surface area contributed by atoms with Crippen molar-refractivity contribution in [2.75, 3.05) is 0 Å². The lowest BCUT2D eigenvalue weighted by atomic mass is 9.97. The van der Waals surface area contributed by atoms with Crippen LogP contribution in [0, 0.1) is 34.9 Å². The van der Waals surface area contributed by atoms with Crippen molar-refractivity contribution in [2.24, 2.45) is 5.73 Å². The van der Waals surface area contributed by atoms with Crippen molar-refractivity contribution >= 4 is 15.9 Å². The normalized spacial score (nSPS) is 12.6. The van der Waals surface area contributed by atoms with Gasteiger partial charge in [-0.25, -0.2) is 26.3 Å². The molecule has 0 amide bonds. The second-order valence-corrected chi connectivity index (χ2v) is 5.04. The van der Waals surface area contributed by atoms with Crippen LogP contribution in [0.3, 0.4) is 0 Å². The summed E-state index contributed by atoms with van der Waals surface area (Å²) in [5, 5.41) is 0. The standard InChI is InChI=1S/C13H6BrF6N/c14-4-1-2-6(15)5(3-4)13(21)7-8(16)10(18)12(20)11(19)9(7)17/h1-3,13H,21H2. The lowest BCUT2D eigenvalue weighted by molar-refractivity contribution is 0.366. The molecule has 0 aliphatic rings. The van der Waals surface area contributed by atoms with Crippen molar-refractivity contribution in [2.45, 2.75) is 6.04 Å². The van der Waals surface area contributed by atoms with Crippen molar-refractivity contribution < 1.29 is 26.3 Å². The van der Waals surface area contributed by atoms with Gasteiger partial charge in [-0.3, -0.25) is 0 Å². The Morgan fingerprint density at radius 2 is 1.29 bits per heavy atom. The van der Waals surface area contributed by atoms with Crippen LogP contribution in [0.1, 0.15) is 17.2 Å². The number of benzene rings is 2. The van der Waals surface area contributed by atoms with Gasteiger partial charge >= 0.3 is 0 Å². The summed E-state index contributed by atoms with van der Waals surface area (Å²) in [4.78, 5) is 0. The van der Waals surface area contributed by atoms with Gasteiger partial charge in [0, 0.05) is 10.0 Å². The summed E-state index contributed by atoms with van der Waals surface area (Å²) in [5.74, 6) is -11.7. The van der Waals surface area contributed by atoms with E-state index >= 15 is 0 Å². The third-order valence-electron chi connectivity index (χ3n) is 2.85. The molecular formula is C13H6BrF6N. The minimum Gasteiger partial charge on any atom is -0.320 e. The van der Waals surface area contributed by atoms with E-state index in [2.05, 4.69) is 15.9 Å². The summed E-state index contributed by atoms with van der Waals surface area (Å²) < 4.78 is 80.5. The van der Waals surface area contributed by atoms with Gasteiger partial charge in [0.2, 0.25) is 5.82 Å². The van der Waals surface area contributed by atoms with E-state index in [9.17, 15) is 26.3 Å². The summed E-state index contributed by atoms with van der Waals surface area (Å²) in [5.41, 5.74) is 3.78. The maximum atomic E-state index is 13.6. The highest BCUT2D eigenvalue weighted by atomic mass is 79.9. The third-order valence-corrected chi connectivity index (χ3v) is 3.34. The first kappa shape index (κ1) is 15.8. The van der Waals surface area contributed by atoms with E-state index in [0.717, 1.165) is 12.1 Å². The predicted octanol–water partition coefficient (Wildman–Crippen LogP) is 4.33. The van der Waals surface area contributed by atoms with Gasteiger partial charge in [-0.05, 0) is 18.2 Å². The highest BCUT2D eigenvalue weighted by molar-refractivity contribution is 9.10. The summed E-state index contributed by atoms with van der Waals surface area (Å²) >= 11 is 3.00. The van der Waals surface area contributed by atoms with Gasteiger partial charge < -0.3 is 5.73 Å². The quantitative estimate of drug-likeness (QED) is 0.475. The SMILES string of the molecule is NC(c1cc(Br)ccc1F)c1c(F)c(F)c(F)c(F)c1F. The van der Waals surface area contributed by atoms with Gasteiger partial charge in [0.25, 0.3) is 0 Å². The Morgan fingerprint density at radius 3 is 1.81 bits per heavy atom. The lowest BCUT2D eigenvalue weighted by Crippen LogP contribution is -2.20. The van der Waals surface area contributed by atoms with Gasteiger partial charge in [0.05, 0.1) is 11.6 Å². The third kappa shape index (κ3) is 2.65. The first-order valence-corrected chi connectivity index (χ1v) is 6.26. The summed E-state index contributed by atoms with van der Waals surface area (Å²) in [6, 6.07) is 1.49. The zero-order valence-corrected chi connectivity index (χ0v) is 11.6. The van der Waals surface area contributed by atoms with Gasteiger partial charge in [-0.15, -0.1) is 0 Å². The van der Waals surface area contributed by atoms with Crippen LogP contribution in [-0.2, 0) is 0 Å². The maximum Gasteiger partial charge on any atom is 0.200 e. The molecule has 0 saturated carbocycles. The molecule has 0 radical (unpaired) electrons. The van der Waals surface area contributed by atoms with Gasteiger partial charge in [-0.1, -0.05) is 15.9 Å². The zero-order valence-electron chi connectivity index (χ0n) is 10.0. The van der Waals surface area contributed by atoms with Gasteiger partial charge in [-0.2, -0.15) is 0 Å². The Bertz CT molecular complexity index is 689. The highest BCUT2D eigenvalue weighted by Gasteiger charge is 2.30. The summed E-state index contributed by atoms with van der Waals surface area (Å²) in [7, 11) is 0. The monoisotopic (exact) mass is 369 g/mol. The molecule has 2 aromatic rings. The van der Waals surface area contributed by atoms with Crippen LogP contribution in [0.2, 0.25) is 0 Å². The Kier molecular flexibility index (Phi) is 4.29. The van der Waals surface area contributed by atoms with Crippen molar-refractivity contribution in [3.05, 3.63) is 68.7 Å². The number of hydrogen-bond acceptors (Lipinski definition) is 1. The Balaban J connectivity index is 2.69. The van der Waals surface area contributed by atoms with Crippen LogP contribution >= 0.6 is 15.9 Å². The maximum absolute atomic E-state index is 13.6. The van der Waals surface area contributed by atoms with Crippen molar-refractivity contribution in [3.63, 3.8) is 0 Å². The smallest absolute Gasteiger partial charge is 0.200 e. The van der Waals surface area contributed by atoms with Crippen LogP contribution in [0.5, 0.6) is 0 Å². The second kappa shape index (κ2) is 5.69. The molecule has 0 aliphatic heterocycles. The van der Waals surface area contributed by atoms with Crippen molar-refractivity contribution in [3.8, 4) is 0 Å². The molecule has 2 rings (SSSR count). The lowest BCUT2D eigenvalue weighted by Gasteiger charge is -2.16. The molecule has 2 aromatic carbocycles. The van der Waals surface area contributed by atoms with Gasteiger partial charge in [0.1, 0.15) is 5.82 Å². The molecule has 0 bridgehead atoms. The van der Waals surface area contributed by atoms with Crippen molar-refractivity contribution in [1.29, 1.82) is 0 Å². The molecule has 0 aliphatic carbocycles. The van der Waals surface area contributed by atoms with E-state index in [4.69, 9.17) is 5.73 Å². The van der Waals surface area contributed by atoms with Gasteiger partial charge in [0.15, 0.2) is 23.3 Å². The van der Waals surface area contributed by atoms with E-state index in [-0.39, 0.29) is 0 Å². The molecule has 1 nitrogen and oxygen atoms in total. The summed E-state index contributed by atoms with van der Waals surface area (Å²) in [6.45, 7) is 0. The fourth-order valence-electron chi connectivity index (χ4n) is 1.80. The predicted molar refractivity (Wildman–Crippen MR) is 66.4 cm³/mol. The van der Waals surface area contributed by atoms with E-state index in [1.54, 1.807) is 0 Å². The molecule has 21 heavy (non-hydrogen) atoms. The minimum absolute atomic E-state index is 0.332. The topological polar surface area (TPSA) is 26.0 Å². The van der Waals surface area contributed by atoms with Crippen LogP contribution in [0.15, 0.2) is 22.7 Å². The van der Waals surface area contributed by atoms with Crippen molar-refractivity contribution in [1.82, 2.24) is 0 Å². The molecule has 0 spiro atoms. The molecule has 2 N–H and O–H groups in total. The fraction of sp³-hybridized carbons (Fsp3) is 0.0769. The second-order valence-electron chi connectivity index (χ2n) is 4.13. The first-order chi connectivity index (χ1) is 9.75. The average Bonchev–Trinajstić information content (AvgIpc) is 2.45. The molecule has 1 unspecified atom stereocenters. The summed E-state index contributed by atoms with van der Waals surface area (Å²) in [6.07, 6.45) is 0. The molecule has 112 valence electrons. The van der Waals surface area contributed by atoms with E-state index in [1.807, 2.05) is 0 Å². The van der Waals surface area contributed by atoms with E-state index < -0.39 is 52.1 Å². The van der Waals surface area contributed by atoms with Crippen LogP contribution < -0.4 is 5.73 Å². The molecule has 0 aromatic heterocycles. The number of rotatable bonds is 2. The van der Waals surface area contributed by atoms with Crippen LogP contribution in [0.4, 0.5) is 26.3 Å². The number of halogens is 7. The minimum atomic E-state index is -2.30. The molecule has 0 saturated heterocycles. The largest absolute Gasteiger partial charge is 0.320 e. The highest BCUT2D eigenvalue weighted by Crippen LogP contribution is 2.32. The van der Waals surface area contributed by atoms with E-state index in [1.165, 1.54) is 6.07 Å². The molecular weight excluding hydrogens is 364 g/mol. The van der Waals surface area contributed by atoms with Crippen LogP contribution in [0.25, 0.3) is 0 Å². The average molecular weight is 370 g/mol. The Hall–Kier alpha value is -1.54. The Morgan fingerprint density at radius 1 is 0.810 bits per heavy atom. The zero-order chi connectivity index (χ0) is 15.9. The molecule has 0 heterocycles. The Labute approximate surface area is 123 Å². The number of nitrogens with two attached hydrogens (primary N) is 1. The molecule has 0 fully saturated rings.